The SMILES string of the molecule is Cc1cc(Cl)cc(NC(=O)Nc2cc(F)ccc2C(N)=O)c1. The molecule has 0 radical (unpaired) electrons. The van der Waals surface area contributed by atoms with Crippen LogP contribution in [0.2, 0.25) is 5.02 Å². The van der Waals surface area contributed by atoms with Crippen LogP contribution in [0, 0.1) is 12.7 Å². The first-order valence-corrected chi connectivity index (χ1v) is 6.67. The fraction of sp³-hybridized carbons (Fsp3) is 0.0667. The van der Waals surface area contributed by atoms with E-state index in [1.165, 1.54) is 6.07 Å². The van der Waals surface area contributed by atoms with Crippen LogP contribution in [0.15, 0.2) is 36.4 Å². The fourth-order valence-corrected chi connectivity index (χ4v) is 2.22. The van der Waals surface area contributed by atoms with Gasteiger partial charge in [0.2, 0.25) is 0 Å². The molecule has 2 aromatic carbocycles. The quantitative estimate of drug-likeness (QED) is 0.808. The smallest absolute Gasteiger partial charge is 0.323 e. The van der Waals surface area contributed by atoms with E-state index >= 15 is 0 Å². The highest BCUT2D eigenvalue weighted by molar-refractivity contribution is 6.31. The first kappa shape index (κ1) is 15.8. The third-order valence-electron chi connectivity index (χ3n) is 2.80. The Kier molecular flexibility index (Phi) is 4.62. The van der Waals surface area contributed by atoms with E-state index in [4.69, 9.17) is 17.3 Å². The van der Waals surface area contributed by atoms with Crippen molar-refractivity contribution in [2.24, 2.45) is 5.73 Å². The van der Waals surface area contributed by atoms with Crippen LogP contribution < -0.4 is 16.4 Å². The molecule has 0 saturated carbocycles. The molecule has 0 fully saturated rings. The van der Waals surface area contributed by atoms with Crippen molar-refractivity contribution < 1.29 is 14.0 Å². The number of primary amides is 1. The molecule has 0 aliphatic carbocycles. The summed E-state index contributed by atoms with van der Waals surface area (Å²) in [6.07, 6.45) is 0. The van der Waals surface area contributed by atoms with Crippen molar-refractivity contribution in [3.05, 3.63) is 58.4 Å². The maximum absolute atomic E-state index is 13.3. The number of urea groups is 1. The van der Waals surface area contributed by atoms with E-state index < -0.39 is 17.8 Å². The summed E-state index contributed by atoms with van der Waals surface area (Å²) in [5.74, 6) is -1.37. The third-order valence-corrected chi connectivity index (χ3v) is 3.01. The number of hydrogen-bond acceptors (Lipinski definition) is 2. The minimum absolute atomic E-state index is 0.0104. The highest BCUT2D eigenvalue weighted by atomic mass is 35.5. The molecule has 114 valence electrons. The van der Waals surface area contributed by atoms with E-state index in [1.807, 2.05) is 6.92 Å². The molecule has 2 aromatic rings. The molecule has 3 amide bonds. The van der Waals surface area contributed by atoms with E-state index in [2.05, 4.69) is 10.6 Å². The van der Waals surface area contributed by atoms with Gasteiger partial charge in [-0.05, 0) is 48.9 Å². The van der Waals surface area contributed by atoms with Crippen LogP contribution in [0.25, 0.3) is 0 Å². The predicted octanol–water partition coefficient (Wildman–Crippen LogP) is 3.53. The summed E-state index contributed by atoms with van der Waals surface area (Å²) in [6, 6.07) is 7.68. The summed E-state index contributed by atoms with van der Waals surface area (Å²) < 4.78 is 13.3. The summed E-state index contributed by atoms with van der Waals surface area (Å²) in [4.78, 5) is 23.2. The normalized spacial score (nSPS) is 10.1. The van der Waals surface area contributed by atoms with Crippen molar-refractivity contribution in [2.75, 3.05) is 10.6 Å². The molecule has 0 aliphatic rings. The molecule has 5 nitrogen and oxygen atoms in total. The lowest BCUT2D eigenvalue weighted by molar-refractivity contribution is 0.100. The van der Waals surface area contributed by atoms with Crippen molar-refractivity contribution in [3.8, 4) is 0 Å². The van der Waals surface area contributed by atoms with Gasteiger partial charge >= 0.3 is 6.03 Å². The molecular weight excluding hydrogens is 309 g/mol. The second-order valence-corrected chi connectivity index (χ2v) is 5.09. The summed E-state index contributed by atoms with van der Waals surface area (Å²) in [5, 5.41) is 5.41. The summed E-state index contributed by atoms with van der Waals surface area (Å²) >= 11 is 5.90. The van der Waals surface area contributed by atoms with Gasteiger partial charge in [0.1, 0.15) is 5.82 Å². The van der Waals surface area contributed by atoms with Gasteiger partial charge in [-0.15, -0.1) is 0 Å². The van der Waals surface area contributed by atoms with Crippen LogP contribution in [0.4, 0.5) is 20.6 Å². The van der Waals surface area contributed by atoms with Crippen LogP contribution in [-0.4, -0.2) is 11.9 Å². The zero-order chi connectivity index (χ0) is 16.3. The second-order valence-electron chi connectivity index (χ2n) is 4.65. The zero-order valence-corrected chi connectivity index (χ0v) is 12.4. The average molecular weight is 322 g/mol. The summed E-state index contributed by atoms with van der Waals surface area (Å²) in [7, 11) is 0. The van der Waals surface area contributed by atoms with Gasteiger partial charge in [0, 0.05) is 10.7 Å². The molecule has 0 heterocycles. The number of anilines is 2. The minimum Gasteiger partial charge on any atom is -0.366 e. The van der Waals surface area contributed by atoms with Crippen LogP contribution in [-0.2, 0) is 0 Å². The Morgan fingerprint density at radius 3 is 2.50 bits per heavy atom. The number of nitrogens with one attached hydrogen (secondary N) is 2. The Morgan fingerprint density at radius 1 is 1.14 bits per heavy atom. The topological polar surface area (TPSA) is 84.2 Å². The largest absolute Gasteiger partial charge is 0.366 e. The summed E-state index contributed by atoms with van der Waals surface area (Å²) in [6.45, 7) is 1.83. The second kappa shape index (κ2) is 6.44. The lowest BCUT2D eigenvalue weighted by Crippen LogP contribution is -2.22. The molecule has 0 aromatic heterocycles. The van der Waals surface area contributed by atoms with Gasteiger partial charge in [-0.1, -0.05) is 11.6 Å². The van der Waals surface area contributed by atoms with Gasteiger partial charge in [0.15, 0.2) is 0 Å². The Bertz CT molecular complexity index is 729. The van der Waals surface area contributed by atoms with E-state index in [-0.39, 0.29) is 11.3 Å². The van der Waals surface area contributed by atoms with Crippen molar-refractivity contribution in [2.45, 2.75) is 6.92 Å². The van der Waals surface area contributed by atoms with Crippen molar-refractivity contribution in [1.82, 2.24) is 0 Å². The number of hydrogen-bond donors (Lipinski definition) is 3. The number of nitrogens with two attached hydrogens (primary N) is 1. The minimum atomic E-state index is -0.770. The zero-order valence-electron chi connectivity index (χ0n) is 11.6. The number of carbonyl (C=O) groups is 2. The van der Waals surface area contributed by atoms with Crippen LogP contribution in [0.1, 0.15) is 15.9 Å². The van der Waals surface area contributed by atoms with E-state index in [1.54, 1.807) is 18.2 Å². The molecule has 2 rings (SSSR count). The van der Waals surface area contributed by atoms with Gasteiger partial charge in [-0.25, -0.2) is 9.18 Å². The first-order valence-electron chi connectivity index (χ1n) is 6.29. The van der Waals surface area contributed by atoms with Crippen molar-refractivity contribution in [3.63, 3.8) is 0 Å². The predicted molar refractivity (Wildman–Crippen MR) is 83.7 cm³/mol. The Labute approximate surface area is 131 Å². The van der Waals surface area contributed by atoms with Crippen LogP contribution in [0.5, 0.6) is 0 Å². The van der Waals surface area contributed by atoms with E-state index in [0.717, 1.165) is 17.7 Å². The molecule has 0 bridgehead atoms. The molecular formula is C15H13ClFN3O2. The molecule has 22 heavy (non-hydrogen) atoms. The Hall–Kier alpha value is -2.60. The average Bonchev–Trinajstić information content (AvgIpc) is 2.36. The standard InChI is InChI=1S/C15H13ClFN3O2/c1-8-4-9(16)6-11(5-8)19-15(22)20-13-7-10(17)2-3-12(13)14(18)21/h2-7H,1H3,(H2,18,21)(H2,19,20,22). The van der Waals surface area contributed by atoms with Crippen molar-refractivity contribution in [1.29, 1.82) is 0 Å². The number of carbonyl (C=O) groups excluding carboxylic acids is 2. The maximum atomic E-state index is 13.3. The van der Waals surface area contributed by atoms with E-state index in [0.29, 0.717) is 10.7 Å². The van der Waals surface area contributed by atoms with Gasteiger partial charge < -0.3 is 16.4 Å². The molecule has 0 unspecified atom stereocenters. The van der Waals surface area contributed by atoms with Crippen LogP contribution >= 0.6 is 11.6 Å². The van der Waals surface area contributed by atoms with Gasteiger partial charge in [-0.3, -0.25) is 4.79 Å². The molecule has 0 aliphatic heterocycles. The van der Waals surface area contributed by atoms with Crippen molar-refractivity contribution >= 4 is 34.9 Å². The third kappa shape index (κ3) is 3.95. The monoisotopic (exact) mass is 321 g/mol. The fourth-order valence-electron chi connectivity index (χ4n) is 1.93. The number of amides is 3. The number of benzene rings is 2. The molecule has 0 spiro atoms. The highest BCUT2D eigenvalue weighted by Crippen LogP contribution is 2.20. The van der Waals surface area contributed by atoms with Crippen LogP contribution in [0.3, 0.4) is 0 Å². The van der Waals surface area contributed by atoms with E-state index in [9.17, 15) is 14.0 Å². The number of aryl methyl sites for hydroxylation is 1. The van der Waals surface area contributed by atoms with Gasteiger partial charge in [0.05, 0.1) is 11.3 Å². The number of rotatable bonds is 3. The maximum Gasteiger partial charge on any atom is 0.323 e. The highest BCUT2D eigenvalue weighted by Gasteiger charge is 2.12. The Balaban J connectivity index is 2.18. The Morgan fingerprint density at radius 2 is 1.86 bits per heavy atom. The molecule has 7 heteroatoms. The first-order chi connectivity index (χ1) is 10.3. The van der Waals surface area contributed by atoms with Gasteiger partial charge in [0.25, 0.3) is 5.91 Å². The number of halogens is 2. The molecule has 4 N–H and O–H groups in total. The molecule has 0 saturated heterocycles. The van der Waals surface area contributed by atoms with Gasteiger partial charge in [-0.2, -0.15) is 0 Å². The lowest BCUT2D eigenvalue weighted by atomic mass is 10.1. The summed E-state index contributed by atoms with van der Waals surface area (Å²) in [5.41, 5.74) is 6.52. The molecule has 0 atom stereocenters. The lowest BCUT2D eigenvalue weighted by Gasteiger charge is -2.11.